The standard InChI is InChI=1S/C14H25N5O2/c1-3-18-12(10-11-4-7-16-8-5-11)17-19(14(18)21)9-6-13(20)15-2/h11,16H,3-10H2,1-2H3,(H,15,20). The van der Waals surface area contributed by atoms with Crippen LogP contribution in [0.2, 0.25) is 0 Å². The van der Waals surface area contributed by atoms with Gasteiger partial charge in [-0.15, -0.1) is 0 Å². The molecule has 0 radical (unpaired) electrons. The van der Waals surface area contributed by atoms with Crippen LogP contribution in [0.25, 0.3) is 0 Å². The normalized spacial score (nSPS) is 16.1. The highest BCUT2D eigenvalue weighted by Gasteiger charge is 2.19. The number of aryl methyl sites for hydroxylation is 1. The number of piperidine rings is 1. The molecule has 1 aliphatic rings. The minimum atomic E-state index is -0.106. The van der Waals surface area contributed by atoms with Crippen LogP contribution in [0.3, 0.4) is 0 Å². The van der Waals surface area contributed by atoms with Crippen molar-refractivity contribution >= 4 is 5.91 Å². The summed E-state index contributed by atoms with van der Waals surface area (Å²) < 4.78 is 3.15. The lowest BCUT2D eigenvalue weighted by atomic mass is 9.94. The van der Waals surface area contributed by atoms with E-state index in [0.29, 0.717) is 19.0 Å². The maximum absolute atomic E-state index is 12.3. The molecule has 0 unspecified atom stereocenters. The number of rotatable bonds is 6. The van der Waals surface area contributed by atoms with E-state index in [1.807, 2.05) is 6.92 Å². The number of aromatic nitrogens is 3. The second-order valence-electron chi connectivity index (χ2n) is 5.49. The second kappa shape index (κ2) is 7.40. The van der Waals surface area contributed by atoms with Gasteiger partial charge in [-0.3, -0.25) is 9.36 Å². The minimum absolute atomic E-state index is 0.0761. The third-order valence-corrected chi connectivity index (χ3v) is 4.08. The Labute approximate surface area is 124 Å². The lowest BCUT2D eigenvalue weighted by molar-refractivity contribution is -0.120. The quantitative estimate of drug-likeness (QED) is 0.758. The Morgan fingerprint density at radius 3 is 2.76 bits per heavy atom. The molecule has 0 bridgehead atoms. The second-order valence-corrected chi connectivity index (χ2v) is 5.49. The van der Waals surface area contributed by atoms with Gasteiger partial charge in [0.1, 0.15) is 5.82 Å². The number of nitrogens with zero attached hydrogens (tertiary/aromatic N) is 3. The molecular weight excluding hydrogens is 270 g/mol. The fourth-order valence-electron chi connectivity index (χ4n) is 2.78. The Hall–Kier alpha value is -1.63. The van der Waals surface area contributed by atoms with Crippen molar-refractivity contribution < 1.29 is 4.79 Å². The molecule has 1 amide bonds. The van der Waals surface area contributed by atoms with Crippen molar-refractivity contribution in [3.63, 3.8) is 0 Å². The van der Waals surface area contributed by atoms with E-state index in [9.17, 15) is 9.59 Å². The Balaban J connectivity index is 2.09. The molecule has 7 nitrogen and oxygen atoms in total. The molecule has 0 spiro atoms. The molecule has 0 saturated carbocycles. The average molecular weight is 295 g/mol. The monoisotopic (exact) mass is 295 g/mol. The predicted octanol–water partition coefficient (Wildman–Crippen LogP) is -0.257. The number of amides is 1. The van der Waals surface area contributed by atoms with Crippen LogP contribution in [0.4, 0.5) is 0 Å². The van der Waals surface area contributed by atoms with E-state index in [1.165, 1.54) is 4.68 Å². The van der Waals surface area contributed by atoms with Crippen LogP contribution in [0.1, 0.15) is 32.0 Å². The van der Waals surface area contributed by atoms with Gasteiger partial charge >= 0.3 is 5.69 Å². The van der Waals surface area contributed by atoms with Crippen LogP contribution in [-0.2, 0) is 24.3 Å². The van der Waals surface area contributed by atoms with Gasteiger partial charge in [-0.2, -0.15) is 5.10 Å². The van der Waals surface area contributed by atoms with Crippen molar-refractivity contribution in [3.8, 4) is 0 Å². The van der Waals surface area contributed by atoms with Crippen LogP contribution in [0.15, 0.2) is 4.79 Å². The van der Waals surface area contributed by atoms with E-state index in [2.05, 4.69) is 15.7 Å². The first-order valence-corrected chi connectivity index (χ1v) is 7.73. The molecule has 1 aromatic heterocycles. The summed E-state index contributed by atoms with van der Waals surface area (Å²) in [4.78, 5) is 23.6. The van der Waals surface area contributed by atoms with Gasteiger partial charge in [-0.1, -0.05) is 0 Å². The molecule has 1 aliphatic heterocycles. The van der Waals surface area contributed by atoms with E-state index < -0.39 is 0 Å². The van der Waals surface area contributed by atoms with Crippen LogP contribution in [0.5, 0.6) is 0 Å². The molecule has 1 saturated heterocycles. The van der Waals surface area contributed by atoms with Gasteiger partial charge in [0.05, 0.1) is 6.54 Å². The first-order valence-electron chi connectivity index (χ1n) is 7.73. The first kappa shape index (κ1) is 15.8. The number of carbonyl (C=O) groups is 1. The van der Waals surface area contributed by atoms with Crippen molar-refractivity contribution in [2.75, 3.05) is 20.1 Å². The molecule has 7 heteroatoms. The molecule has 0 aliphatic carbocycles. The Kier molecular flexibility index (Phi) is 5.55. The summed E-state index contributed by atoms with van der Waals surface area (Å²) in [5, 5.41) is 10.4. The van der Waals surface area contributed by atoms with Crippen LogP contribution < -0.4 is 16.3 Å². The molecule has 0 aromatic carbocycles. The molecule has 2 heterocycles. The van der Waals surface area contributed by atoms with Crippen LogP contribution >= 0.6 is 0 Å². The zero-order valence-electron chi connectivity index (χ0n) is 12.9. The highest BCUT2D eigenvalue weighted by Crippen LogP contribution is 2.16. The lowest BCUT2D eigenvalue weighted by Gasteiger charge is -2.21. The summed E-state index contributed by atoms with van der Waals surface area (Å²) in [6, 6.07) is 0. The van der Waals surface area contributed by atoms with Crippen molar-refractivity contribution in [2.45, 2.75) is 45.7 Å². The topological polar surface area (TPSA) is 81.0 Å². The highest BCUT2D eigenvalue weighted by molar-refractivity contribution is 5.75. The van der Waals surface area contributed by atoms with E-state index in [1.54, 1.807) is 11.6 Å². The summed E-state index contributed by atoms with van der Waals surface area (Å²) in [6.07, 6.45) is 3.38. The van der Waals surface area contributed by atoms with Gasteiger partial charge in [0.15, 0.2) is 0 Å². The number of hydrogen-bond donors (Lipinski definition) is 2. The smallest absolute Gasteiger partial charge is 0.345 e. The predicted molar refractivity (Wildman–Crippen MR) is 80.1 cm³/mol. The minimum Gasteiger partial charge on any atom is -0.359 e. The van der Waals surface area contributed by atoms with Gasteiger partial charge in [0, 0.05) is 26.4 Å². The largest absolute Gasteiger partial charge is 0.359 e. The van der Waals surface area contributed by atoms with E-state index in [0.717, 1.165) is 38.2 Å². The number of nitrogens with one attached hydrogen (secondary N) is 2. The third kappa shape index (κ3) is 3.93. The van der Waals surface area contributed by atoms with Gasteiger partial charge in [-0.25, -0.2) is 9.48 Å². The maximum Gasteiger partial charge on any atom is 0.345 e. The molecule has 118 valence electrons. The zero-order chi connectivity index (χ0) is 15.2. The van der Waals surface area contributed by atoms with Gasteiger partial charge in [0.2, 0.25) is 5.91 Å². The van der Waals surface area contributed by atoms with Crippen LogP contribution in [0, 0.1) is 5.92 Å². The van der Waals surface area contributed by atoms with Crippen LogP contribution in [-0.4, -0.2) is 40.4 Å². The summed E-state index contributed by atoms with van der Waals surface area (Å²) in [5.41, 5.74) is -0.106. The Bertz CT molecular complexity index is 528. The number of carbonyl (C=O) groups excluding carboxylic acids is 1. The molecule has 1 aromatic rings. The lowest BCUT2D eigenvalue weighted by Crippen LogP contribution is -2.30. The van der Waals surface area contributed by atoms with E-state index in [4.69, 9.17) is 0 Å². The van der Waals surface area contributed by atoms with Crippen molar-refractivity contribution in [1.82, 2.24) is 25.0 Å². The van der Waals surface area contributed by atoms with E-state index in [-0.39, 0.29) is 18.0 Å². The van der Waals surface area contributed by atoms with Crippen molar-refractivity contribution in [3.05, 3.63) is 16.3 Å². The van der Waals surface area contributed by atoms with Gasteiger partial charge in [0.25, 0.3) is 0 Å². The molecule has 21 heavy (non-hydrogen) atoms. The molecule has 2 N–H and O–H groups in total. The van der Waals surface area contributed by atoms with E-state index >= 15 is 0 Å². The molecular formula is C14H25N5O2. The van der Waals surface area contributed by atoms with Crippen molar-refractivity contribution in [1.29, 1.82) is 0 Å². The Morgan fingerprint density at radius 1 is 1.43 bits per heavy atom. The van der Waals surface area contributed by atoms with Gasteiger partial charge < -0.3 is 10.6 Å². The maximum atomic E-state index is 12.3. The van der Waals surface area contributed by atoms with Crippen molar-refractivity contribution in [2.24, 2.45) is 5.92 Å². The fourth-order valence-corrected chi connectivity index (χ4v) is 2.78. The average Bonchev–Trinajstić information content (AvgIpc) is 2.81. The fraction of sp³-hybridized carbons (Fsp3) is 0.786. The third-order valence-electron chi connectivity index (χ3n) is 4.08. The molecule has 1 fully saturated rings. The number of hydrogen-bond acceptors (Lipinski definition) is 4. The SMILES string of the molecule is CCn1c(CC2CCNCC2)nn(CCC(=O)NC)c1=O. The zero-order valence-corrected chi connectivity index (χ0v) is 12.9. The summed E-state index contributed by atoms with van der Waals surface area (Å²) >= 11 is 0. The Morgan fingerprint density at radius 2 is 2.14 bits per heavy atom. The van der Waals surface area contributed by atoms with Gasteiger partial charge in [-0.05, 0) is 38.8 Å². The molecule has 0 atom stereocenters. The molecule has 2 rings (SSSR count). The summed E-state index contributed by atoms with van der Waals surface area (Å²) in [7, 11) is 1.60. The summed E-state index contributed by atoms with van der Waals surface area (Å²) in [5.74, 6) is 1.37. The summed E-state index contributed by atoms with van der Waals surface area (Å²) in [6.45, 7) is 5.00. The first-order chi connectivity index (χ1) is 10.2. The highest BCUT2D eigenvalue weighted by atomic mass is 16.2.